The van der Waals surface area contributed by atoms with Crippen molar-refractivity contribution in [3.8, 4) is 0 Å². The van der Waals surface area contributed by atoms with E-state index in [4.69, 9.17) is 11.6 Å². The van der Waals surface area contributed by atoms with Crippen molar-refractivity contribution in [2.75, 3.05) is 5.32 Å². The lowest BCUT2D eigenvalue weighted by Gasteiger charge is -2.05. The summed E-state index contributed by atoms with van der Waals surface area (Å²) in [5.74, 6) is -0.559. The van der Waals surface area contributed by atoms with Crippen LogP contribution in [0.4, 0.5) is 11.4 Å². The van der Waals surface area contributed by atoms with Gasteiger partial charge in [-0.05, 0) is 18.2 Å². The molecule has 1 N–H and O–H groups in total. The predicted molar refractivity (Wildman–Crippen MR) is 70.3 cm³/mol. The Morgan fingerprint density at radius 2 is 2.05 bits per heavy atom. The Kier molecular flexibility index (Phi) is 3.72. The van der Waals surface area contributed by atoms with Gasteiger partial charge < -0.3 is 5.32 Å². The summed E-state index contributed by atoms with van der Waals surface area (Å²) < 4.78 is 0. The van der Waals surface area contributed by atoms with E-state index >= 15 is 0 Å². The maximum atomic E-state index is 11.9. The Bertz CT molecular complexity index is 646. The van der Waals surface area contributed by atoms with Gasteiger partial charge in [0.1, 0.15) is 11.4 Å². The molecule has 0 saturated carbocycles. The van der Waals surface area contributed by atoms with Crippen LogP contribution in [0.3, 0.4) is 0 Å². The molecule has 96 valence electrons. The fraction of sp³-hybridized carbons (Fsp3) is 0. The Morgan fingerprint density at radius 1 is 1.32 bits per heavy atom. The van der Waals surface area contributed by atoms with E-state index in [0.717, 1.165) is 0 Å². The first-order valence-electron chi connectivity index (χ1n) is 5.24. The lowest BCUT2D eigenvalue weighted by molar-refractivity contribution is -0.383. The number of benzene rings is 1. The molecule has 6 nitrogen and oxygen atoms in total. The number of pyridine rings is 1. The van der Waals surface area contributed by atoms with E-state index in [-0.39, 0.29) is 17.1 Å². The molecule has 1 aromatic heterocycles. The number of nitro groups is 1. The number of anilines is 1. The summed E-state index contributed by atoms with van der Waals surface area (Å²) in [5.41, 5.74) is 0.0165. The van der Waals surface area contributed by atoms with Gasteiger partial charge in [-0.2, -0.15) is 0 Å². The average Bonchev–Trinajstić information content (AvgIpc) is 2.39. The number of hydrogen-bond acceptors (Lipinski definition) is 4. The van der Waals surface area contributed by atoms with Crippen molar-refractivity contribution in [1.29, 1.82) is 0 Å². The fourth-order valence-corrected chi connectivity index (χ4v) is 1.61. The van der Waals surface area contributed by atoms with Crippen LogP contribution in [0.15, 0.2) is 42.6 Å². The Labute approximate surface area is 113 Å². The molecule has 0 saturated heterocycles. The van der Waals surface area contributed by atoms with Crippen LogP contribution in [0.5, 0.6) is 0 Å². The zero-order valence-electron chi connectivity index (χ0n) is 9.54. The van der Waals surface area contributed by atoms with Crippen LogP contribution in [0.2, 0.25) is 5.02 Å². The minimum atomic E-state index is -0.568. The van der Waals surface area contributed by atoms with Crippen molar-refractivity contribution >= 4 is 28.9 Å². The second-order valence-electron chi connectivity index (χ2n) is 3.59. The largest absolute Gasteiger partial charge is 0.315 e. The summed E-state index contributed by atoms with van der Waals surface area (Å²) in [6.45, 7) is 0. The number of rotatable bonds is 3. The molecule has 0 aliphatic heterocycles. The number of halogens is 1. The number of para-hydroxylation sites is 2. The highest BCUT2D eigenvalue weighted by Crippen LogP contribution is 2.23. The smallest absolute Gasteiger partial charge is 0.292 e. The van der Waals surface area contributed by atoms with E-state index in [1.54, 1.807) is 6.07 Å². The lowest BCUT2D eigenvalue weighted by atomic mass is 10.2. The van der Waals surface area contributed by atoms with E-state index in [1.807, 2.05) is 0 Å². The van der Waals surface area contributed by atoms with Crippen LogP contribution in [-0.4, -0.2) is 15.8 Å². The SMILES string of the molecule is O=C(Nc1ccccc1[N+](=O)[O-])c1cc(Cl)ccn1. The quantitative estimate of drug-likeness (QED) is 0.690. The minimum absolute atomic E-state index is 0.0886. The fourth-order valence-electron chi connectivity index (χ4n) is 1.45. The summed E-state index contributed by atoms with van der Waals surface area (Å²) in [5, 5.41) is 13.6. The van der Waals surface area contributed by atoms with E-state index in [9.17, 15) is 14.9 Å². The van der Waals surface area contributed by atoms with Gasteiger partial charge in [0.2, 0.25) is 0 Å². The Morgan fingerprint density at radius 3 is 2.74 bits per heavy atom. The van der Waals surface area contributed by atoms with Crippen LogP contribution in [0.25, 0.3) is 0 Å². The topological polar surface area (TPSA) is 85.1 Å². The first-order valence-corrected chi connectivity index (χ1v) is 5.62. The normalized spacial score (nSPS) is 9.95. The summed E-state index contributed by atoms with van der Waals surface area (Å²) >= 11 is 5.75. The number of nitro benzene ring substituents is 1. The molecule has 1 aromatic carbocycles. The lowest BCUT2D eigenvalue weighted by Crippen LogP contribution is -2.14. The van der Waals surface area contributed by atoms with Crippen molar-refractivity contribution in [3.05, 3.63) is 63.4 Å². The molecule has 0 aliphatic carbocycles. The molecule has 0 unspecified atom stereocenters. The van der Waals surface area contributed by atoms with Gasteiger partial charge in [-0.3, -0.25) is 19.9 Å². The second-order valence-corrected chi connectivity index (χ2v) is 4.02. The number of nitrogens with one attached hydrogen (secondary N) is 1. The maximum Gasteiger partial charge on any atom is 0.292 e. The van der Waals surface area contributed by atoms with Gasteiger partial charge in [-0.15, -0.1) is 0 Å². The van der Waals surface area contributed by atoms with Gasteiger partial charge in [-0.1, -0.05) is 23.7 Å². The molecule has 1 heterocycles. The molecule has 0 aliphatic rings. The summed E-state index contributed by atoms with van der Waals surface area (Å²) in [7, 11) is 0. The zero-order valence-corrected chi connectivity index (χ0v) is 10.3. The third kappa shape index (κ3) is 3.05. The Hall–Kier alpha value is -2.47. The van der Waals surface area contributed by atoms with Crippen molar-refractivity contribution < 1.29 is 9.72 Å². The van der Waals surface area contributed by atoms with E-state index < -0.39 is 10.8 Å². The van der Waals surface area contributed by atoms with Crippen LogP contribution >= 0.6 is 11.6 Å². The second kappa shape index (κ2) is 5.45. The van der Waals surface area contributed by atoms with E-state index in [0.29, 0.717) is 5.02 Å². The van der Waals surface area contributed by atoms with Gasteiger partial charge in [0, 0.05) is 17.3 Å². The minimum Gasteiger partial charge on any atom is -0.315 e. The van der Waals surface area contributed by atoms with Gasteiger partial charge >= 0.3 is 0 Å². The number of aromatic nitrogens is 1. The van der Waals surface area contributed by atoms with Crippen molar-refractivity contribution in [1.82, 2.24) is 4.98 Å². The highest BCUT2D eigenvalue weighted by Gasteiger charge is 2.16. The first-order chi connectivity index (χ1) is 9.08. The first kappa shape index (κ1) is 13.0. The number of nitrogens with zero attached hydrogens (tertiary/aromatic N) is 2. The molecule has 1 amide bonds. The van der Waals surface area contributed by atoms with Crippen molar-refractivity contribution in [2.45, 2.75) is 0 Å². The molecular formula is C12H8ClN3O3. The number of carbonyl (C=O) groups is 1. The molecule has 0 atom stereocenters. The van der Waals surface area contributed by atoms with Gasteiger partial charge in [0.25, 0.3) is 11.6 Å². The molecule has 0 spiro atoms. The van der Waals surface area contributed by atoms with Crippen molar-refractivity contribution in [3.63, 3.8) is 0 Å². The summed E-state index contributed by atoms with van der Waals surface area (Å²) in [4.78, 5) is 26.0. The van der Waals surface area contributed by atoms with Gasteiger partial charge in [0.05, 0.1) is 4.92 Å². The zero-order chi connectivity index (χ0) is 13.8. The average molecular weight is 278 g/mol. The van der Waals surface area contributed by atoms with Crippen LogP contribution in [0.1, 0.15) is 10.5 Å². The molecule has 7 heteroatoms. The maximum absolute atomic E-state index is 11.9. The van der Waals surface area contributed by atoms with Crippen molar-refractivity contribution in [2.24, 2.45) is 0 Å². The molecule has 19 heavy (non-hydrogen) atoms. The highest BCUT2D eigenvalue weighted by molar-refractivity contribution is 6.30. The molecule has 0 radical (unpaired) electrons. The van der Waals surface area contributed by atoms with Gasteiger partial charge in [-0.25, -0.2) is 0 Å². The van der Waals surface area contributed by atoms with E-state index in [1.165, 1.54) is 36.5 Å². The monoisotopic (exact) mass is 277 g/mol. The summed E-state index contributed by atoms with van der Waals surface area (Å²) in [6, 6.07) is 8.77. The molecule has 2 aromatic rings. The van der Waals surface area contributed by atoms with Crippen LogP contribution in [0, 0.1) is 10.1 Å². The third-order valence-corrected chi connectivity index (χ3v) is 2.54. The highest BCUT2D eigenvalue weighted by atomic mass is 35.5. The van der Waals surface area contributed by atoms with Gasteiger partial charge in [0.15, 0.2) is 0 Å². The third-order valence-electron chi connectivity index (χ3n) is 2.30. The van der Waals surface area contributed by atoms with E-state index in [2.05, 4.69) is 10.3 Å². The number of hydrogen-bond donors (Lipinski definition) is 1. The number of amides is 1. The Balaban J connectivity index is 2.27. The molecule has 2 rings (SSSR count). The summed E-state index contributed by atoms with van der Waals surface area (Å²) in [6.07, 6.45) is 1.39. The molecular weight excluding hydrogens is 270 g/mol. The van der Waals surface area contributed by atoms with Crippen LogP contribution < -0.4 is 5.32 Å². The molecule has 0 fully saturated rings. The molecule has 0 bridgehead atoms. The number of carbonyl (C=O) groups excluding carboxylic acids is 1. The predicted octanol–water partition coefficient (Wildman–Crippen LogP) is 2.90. The van der Waals surface area contributed by atoms with Crippen LogP contribution in [-0.2, 0) is 0 Å². The standard InChI is InChI=1S/C12H8ClN3O3/c13-8-5-6-14-10(7-8)12(17)15-9-3-1-2-4-11(9)16(18)19/h1-7H,(H,15,17).